The summed E-state index contributed by atoms with van der Waals surface area (Å²) in [6.45, 7) is 1.26. The van der Waals surface area contributed by atoms with Crippen molar-refractivity contribution in [3.63, 3.8) is 0 Å². The molecular formula is C28H24ClN5O4. The number of piperidine rings is 1. The lowest BCUT2D eigenvalue weighted by Gasteiger charge is -2.28. The van der Waals surface area contributed by atoms with Crippen molar-refractivity contribution in [3.8, 4) is 12.3 Å². The van der Waals surface area contributed by atoms with E-state index < -0.39 is 17.8 Å². The number of benzene rings is 2. The first kappa shape index (κ1) is 26.4. The molecule has 0 aliphatic carbocycles. The Morgan fingerprint density at radius 2 is 1.79 bits per heavy atom. The number of nitrogens with one attached hydrogen (secondary N) is 2. The Morgan fingerprint density at radius 1 is 1.05 bits per heavy atom. The van der Waals surface area contributed by atoms with E-state index in [2.05, 4.69) is 26.5 Å². The molecule has 1 fully saturated rings. The zero-order valence-electron chi connectivity index (χ0n) is 20.2. The highest BCUT2D eigenvalue weighted by molar-refractivity contribution is 6.31. The zero-order valence-corrected chi connectivity index (χ0v) is 21.0. The first-order chi connectivity index (χ1) is 18.3. The van der Waals surface area contributed by atoms with Crippen molar-refractivity contribution >= 4 is 52.9 Å². The minimum atomic E-state index is -0.755. The molecule has 3 N–H and O–H groups in total. The second kappa shape index (κ2) is 12.0. The Balaban J connectivity index is 1.40. The van der Waals surface area contributed by atoms with E-state index in [9.17, 15) is 14.4 Å². The summed E-state index contributed by atoms with van der Waals surface area (Å²) in [5, 5.41) is 14.9. The average molecular weight is 530 g/mol. The minimum Gasteiger partial charge on any atom is -0.481 e. The first-order valence-corrected chi connectivity index (χ1v) is 12.2. The number of hydrogen-bond acceptors (Lipinski definition) is 5. The number of aromatic nitrogens is 1. The second-order valence-electron chi connectivity index (χ2n) is 8.61. The van der Waals surface area contributed by atoms with Gasteiger partial charge in [0.2, 0.25) is 0 Å². The van der Waals surface area contributed by atoms with Crippen LogP contribution in [0.3, 0.4) is 0 Å². The standard InChI is InChI=1S/C28H24ClN5O4/c1-2-18-3-10-25(30-16-18)33-27(36)23-15-21(29)6-9-24(23)32-26(35)19-4-7-22(8-5-19)31-17-34-13-11-20(12-14-34)28(37)38/h1,3-10,15-17,20H,11-14H2,(H,32,35)(H,37,38)(H,30,33,36). The van der Waals surface area contributed by atoms with Crippen LogP contribution in [0.4, 0.5) is 17.2 Å². The molecule has 38 heavy (non-hydrogen) atoms. The van der Waals surface area contributed by atoms with Crippen LogP contribution in [0.15, 0.2) is 65.8 Å². The number of carbonyl (C=O) groups is 3. The molecule has 2 heterocycles. The fourth-order valence-electron chi connectivity index (χ4n) is 3.85. The Morgan fingerprint density at radius 3 is 2.42 bits per heavy atom. The maximum Gasteiger partial charge on any atom is 0.306 e. The first-order valence-electron chi connectivity index (χ1n) is 11.8. The van der Waals surface area contributed by atoms with Crippen LogP contribution in [0.25, 0.3) is 0 Å². The van der Waals surface area contributed by atoms with Crippen LogP contribution in [0.5, 0.6) is 0 Å². The van der Waals surface area contributed by atoms with E-state index in [1.54, 1.807) is 54.9 Å². The highest BCUT2D eigenvalue weighted by atomic mass is 35.5. The fourth-order valence-corrected chi connectivity index (χ4v) is 4.03. The molecule has 0 atom stereocenters. The van der Waals surface area contributed by atoms with Crippen molar-refractivity contribution in [3.05, 3.63) is 82.5 Å². The highest BCUT2D eigenvalue weighted by Crippen LogP contribution is 2.23. The molecule has 192 valence electrons. The molecule has 2 amide bonds. The molecule has 3 aromatic rings. The third-order valence-corrected chi connectivity index (χ3v) is 6.26. The van der Waals surface area contributed by atoms with Crippen molar-refractivity contribution in [1.82, 2.24) is 9.88 Å². The van der Waals surface area contributed by atoms with Crippen LogP contribution < -0.4 is 10.6 Å². The number of carboxylic acid groups (broad SMARTS) is 1. The van der Waals surface area contributed by atoms with Gasteiger partial charge in [0.05, 0.1) is 29.2 Å². The zero-order chi connectivity index (χ0) is 27.1. The van der Waals surface area contributed by atoms with E-state index in [1.807, 2.05) is 4.90 Å². The lowest BCUT2D eigenvalue weighted by Crippen LogP contribution is -2.35. The summed E-state index contributed by atoms with van der Waals surface area (Å²) < 4.78 is 0. The molecule has 1 aromatic heterocycles. The normalized spacial score (nSPS) is 13.6. The largest absolute Gasteiger partial charge is 0.481 e. The fraction of sp³-hybridized carbons (Fsp3) is 0.179. The Labute approximate surface area is 224 Å². The van der Waals surface area contributed by atoms with E-state index in [0.717, 1.165) is 0 Å². The minimum absolute atomic E-state index is 0.168. The number of amides is 2. The number of likely N-dealkylation sites (tertiary alicyclic amines) is 1. The van der Waals surface area contributed by atoms with Gasteiger partial charge in [0.25, 0.3) is 11.8 Å². The molecule has 1 saturated heterocycles. The quantitative estimate of drug-likeness (QED) is 0.232. The van der Waals surface area contributed by atoms with Crippen LogP contribution in [-0.4, -0.2) is 52.2 Å². The van der Waals surface area contributed by atoms with Crippen LogP contribution in [-0.2, 0) is 4.79 Å². The number of hydrogen-bond donors (Lipinski definition) is 3. The number of halogens is 1. The van der Waals surface area contributed by atoms with Gasteiger partial charge in [-0.1, -0.05) is 17.5 Å². The van der Waals surface area contributed by atoms with Crippen molar-refractivity contribution < 1.29 is 19.5 Å². The molecule has 0 saturated carbocycles. The van der Waals surface area contributed by atoms with Gasteiger partial charge in [0, 0.05) is 35.4 Å². The summed E-state index contributed by atoms with van der Waals surface area (Å²) in [5.74, 6) is 0.784. The number of pyridine rings is 1. The van der Waals surface area contributed by atoms with Crippen LogP contribution in [0.2, 0.25) is 5.02 Å². The van der Waals surface area contributed by atoms with E-state index in [0.29, 0.717) is 53.6 Å². The van der Waals surface area contributed by atoms with Gasteiger partial charge in [-0.2, -0.15) is 0 Å². The van der Waals surface area contributed by atoms with Crippen molar-refractivity contribution in [2.45, 2.75) is 12.8 Å². The molecule has 4 rings (SSSR count). The maximum absolute atomic E-state index is 12.9. The van der Waals surface area contributed by atoms with Crippen molar-refractivity contribution in [1.29, 1.82) is 0 Å². The monoisotopic (exact) mass is 529 g/mol. The number of nitrogens with zero attached hydrogens (tertiary/aromatic N) is 3. The summed E-state index contributed by atoms with van der Waals surface area (Å²) in [6, 6.07) is 14.5. The Hall–Kier alpha value is -4.68. The number of carbonyl (C=O) groups excluding carboxylic acids is 2. The molecule has 0 spiro atoms. The molecule has 9 nitrogen and oxygen atoms in total. The Kier molecular flexibility index (Phi) is 8.36. The second-order valence-corrected chi connectivity index (χ2v) is 9.05. The SMILES string of the molecule is C#Cc1ccc(NC(=O)c2cc(Cl)ccc2NC(=O)c2ccc(N=CN3CCC(C(=O)O)CC3)cc2)nc1. The highest BCUT2D eigenvalue weighted by Gasteiger charge is 2.23. The Bertz CT molecular complexity index is 1410. The molecule has 0 bridgehead atoms. The van der Waals surface area contributed by atoms with Crippen LogP contribution in [0.1, 0.15) is 39.1 Å². The molecule has 10 heteroatoms. The van der Waals surface area contributed by atoms with Crippen LogP contribution >= 0.6 is 11.6 Å². The lowest BCUT2D eigenvalue weighted by atomic mass is 9.98. The lowest BCUT2D eigenvalue weighted by molar-refractivity contribution is -0.142. The van der Waals surface area contributed by atoms with Gasteiger partial charge in [0.1, 0.15) is 5.82 Å². The summed E-state index contributed by atoms with van der Waals surface area (Å²) in [6.07, 6.45) is 9.66. The van der Waals surface area contributed by atoms with Gasteiger partial charge in [-0.05, 0) is 67.4 Å². The number of carboxylic acids is 1. The van der Waals surface area contributed by atoms with E-state index in [1.165, 1.54) is 12.3 Å². The average Bonchev–Trinajstić information content (AvgIpc) is 2.93. The molecule has 1 aliphatic rings. The summed E-state index contributed by atoms with van der Waals surface area (Å²) in [4.78, 5) is 47.4. The van der Waals surface area contributed by atoms with Gasteiger partial charge in [0.15, 0.2) is 0 Å². The van der Waals surface area contributed by atoms with Gasteiger partial charge >= 0.3 is 5.97 Å². The van der Waals surface area contributed by atoms with Gasteiger partial charge < -0.3 is 20.6 Å². The van der Waals surface area contributed by atoms with Gasteiger partial charge in [-0.15, -0.1) is 6.42 Å². The number of aliphatic imine (C=N–C) groups is 1. The molecular weight excluding hydrogens is 506 g/mol. The van der Waals surface area contributed by atoms with E-state index in [-0.39, 0.29) is 17.2 Å². The van der Waals surface area contributed by atoms with Gasteiger partial charge in [-0.3, -0.25) is 14.4 Å². The molecule has 1 aliphatic heterocycles. The van der Waals surface area contributed by atoms with E-state index in [4.69, 9.17) is 23.1 Å². The summed E-state index contributed by atoms with van der Waals surface area (Å²) in [7, 11) is 0. The molecule has 0 unspecified atom stereocenters. The molecule has 2 aromatic carbocycles. The summed E-state index contributed by atoms with van der Waals surface area (Å²) in [5.41, 5.74) is 2.05. The topological polar surface area (TPSA) is 124 Å². The predicted molar refractivity (Wildman–Crippen MR) is 146 cm³/mol. The predicted octanol–water partition coefficient (Wildman–Crippen LogP) is 4.68. The van der Waals surface area contributed by atoms with Crippen molar-refractivity contribution in [2.75, 3.05) is 23.7 Å². The maximum atomic E-state index is 12.9. The van der Waals surface area contributed by atoms with E-state index >= 15 is 0 Å². The number of terminal acetylenes is 1. The number of aliphatic carboxylic acids is 1. The number of anilines is 2. The molecule has 0 radical (unpaired) electrons. The smallest absolute Gasteiger partial charge is 0.306 e. The van der Waals surface area contributed by atoms with Crippen LogP contribution in [0, 0.1) is 18.3 Å². The van der Waals surface area contributed by atoms with Gasteiger partial charge in [-0.25, -0.2) is 9.98 Å². The third kappa shape index (κ3) is 6.75. The number of rotatable bonds is 7. The summed E-state index contributed by atoms with van der Waals surface area (Å²) >= 11 is 6.11. The van der Waals surface area contributed by atoms with Crippen molar-refractivity contribution in [2.24, 2.45) is 10.9 Å². The third-order valence-electron chi connectivity index (χ3n) is 6.02.